The lowest BCUT2D eigenvalue weighted by Crippen LogP contribution is -2.18. The number of benzene rings is 1. The van der Waals surface area contributed by atoms with Crippen molar-refractivity contribution in [3.8, 4) is 5.75 Å². The maximum Gasteiger partial charge on any atom is 0.138 e. The van der Waals surface area contributed by atoms with Crippen LogP contribution in [0.1, 0.15) is 52.4 Å². The van der Waals surface area contributed by atoms with Crippen LogP contribution in [0.4, 0.5) is 5.69 Å². The molecule has 1 aliphatic carbocycles. The quantitative estimate of drug-likeness (QED) is 0.723. The Bertz CT molecular complexity index is 421. The van der Waals surface area contributed by atoms with Crippen LogP contribution < -0.4 is 10.1 Å². The molecule has 0 aromatic heterocycles. The summed E-state index contributed by atoms with van der Waals surface area (Å²) in [7, 11) is 0. The van der Waals surface area contributed by atoms with Crippen molar-refractivity contribution < 1.29 is 4.74 Å². The van der Waals surface area contributed by atoms with Gasteiger partial charge < -0.3 is 10.1 Å². The van der Waals surface area contributed by atoms with Gasteiger partial charge in [0.1, 0.15) is 5.75 Å². The SMILES string of the molecule is CCCOc1ccc(NC2CCCC(C)CC2)cc1Cl. The first-order valence-corrected chi connectivity index (χ1v) is 8.25. The van der Waals surface area contributed by atoms with E-state index in [1.54, 1.807) is 0 Å². The zero-order valence-electron chi connectivity index (χ0n) is 12.6. The van der Waals surface area contributed by atoms with E-state index in [2.05, 4.69) is 25.2 Å². The van der Waals surface area contributed by atoms with Gasteiger partial charge in [-0.05, 0) is 49.8 Å². The van der Waals surface area contributed by atoms with Gasteiger partial charge in [0, 0.05) is 11.7 Å². The highest BCUT2D eigenvalue weighted by molar-refractivity contribution is 6.32. The lowest BCUT2D eigenvalue weighted by molar-refractivity contribution is 0.317. The Kier molecular flexibility index (Phi) is 6.03. The largest absolute Gasteiger partial charge is 0.492 e. The molecule has 0 spiro atoms. The molecular formula is C17H26ClNO. The molecule has 0 amide bonds. The van der Waals surface area contributed by atoms with Crippen LogP contribution in [-0.2, 0) is 0 Å². The van der Waals surface area contributed by atoms with E-state index >= 15 is 0 Å². The molecular weight excluding hydrogens is 270 g/mol. The molecule has 2 nitrogen and oxygen atoms in total. The molecule has 0 aliphatic heterocycles. The van der Waals surface area contributed by atoms with E-state index in [0.29, 0.717) is 17.7 Å². The van der Waals surface area contributed by atoms with E-state index < -0.39 is 0 Å². The lowest BCUT2D eigenvalue weighted by atomic mass is 10.0. The molecule has 1 saturated carbocycles. The minimum absolute atomic E-state index is 0.582. The molecule has 2 unspecified atom stereocenters. The van der Waals surface area contributed by atoms with Crippen LogP contribution in [0.25, 0.3) is 0 Å². The summed E-state index contributed by atoms with van der Waals surface area (Å²) < 4.78 is 5.61. The van der Waals surface area contributed by atoms with Crippen molar-refractivity contribution in [1.82, 2.24) is 0 Å². The molecule has 2 rings (SSSR count). The molecule has 1 aromatic carbocycles. The van der Waals surface area contributed by atoms with Crippen LogP contribution in [0.15, 0.2) is 18.2 Å². The van der Waals surface area contributed by atoms with Crippen molar-refractivity contribution in [1.29, 1.82) is 0 Å². The van der Waals surface area contributed by atoms with Crippen LogP contribution >= 0.6 is 11.6 Å². The summed E-state index contributed by atoms with van der Waals surface area (Å²) in [5.41, 5.74) is 1.11. The zero-order valence-corrected chi connectivity index (χ0v) is 13.4. The van der Waals surface area contributed by atoms with E-state index in [9.17, 15) is 0 Å². The van der Waals surface area contributed by atoms with Gasteiger partial charge in [-0.3, -0.25) is 0 Å². The minimum Gasteiger partial charge on any atom is -0.492 e. The second-order valence-corrected chi connectivity index (χ2v) is 6.36. The van der Waals surface area contributed by atoms with Crippen LogP contribution in [-0.4, -0.2) is 12.6 Å². The summed E-state index contributed by atoms with van der Waals surface area (Å²) >= 11 is 6.27. The molecule has 112 valence electrons. The molecule has 0 saturated heterocycles. The topological polar surface area (TPSA) is 21.3 Å². The Balaban J connectivity index is 1.94. The summed E-state index contributed by atoms with van der Waals surface area (Å²) in [5, 5.41) is 4.33. The lowest BCUT2D eigenvalue weighted by Gasteiger charge is -2.18. The third-order valence-corrected chi connectivity index (χ3v) is 4.32. The van der Waals surface area contributed by atoms with Crippen molar-refractivity contribution in [2.75, 3.05) is 11.9 Å². The van der Waals surface area contributed by atoms with Crippen molar-refractivity contribution in [3.63, 3.8) is 0 Å². The fraction of sp³-hybridized carbons (Fsp3) is 0.647. The van der Waals surface area contributed by atoms with Gasteiger partial charge in [0.05, 0.1) is 11.6 Å². The number of rotatable bonds is 5. The first-order chi connectivity index (χ1) is 9.69. The normalized spacial score (nSPS) is 23.1. The van der Waals surface area contributed by atoms with Crippen molar-refractivity contribution in [3.05, 3.63) is 23.2 Å². The Morgan fingerprint density at radius 2 is 2.10 bits per heavy atom. The molecule has 0 heterocycles. The summed E-state index contributed by atoms with van der Waals surface area (Å²) in [4.78, 5) is 0. The number of nitrogens with one attached hydrogen (secondary N) is 1. The maximum atomic E-state index is 6.27. The molecule has 0 radical (unpaired) electrons. The van der Waals surface area contributed by atoms with Crippen molar-refractivity contribution in [2.45, 2.75) is 58.4 Å². The predicted molar refractivity (Wildman–Crippen MR) is 86.9 cm³/mol. The highest BCUT2D eigenvalue weighted by atomic mass is 35.5. The first-order valence-electron chi connectivity index (χ1n) is 7.88. The Hall–Kier alpha value is -0.890. The predicted octanol–water partition coefficient (Wildman–Crippen LogP) is 5.51. The second kappa shape index (κ2) is 7.78. The van der Waals surface area contributed by atoms with Crippen molar-refractivity contribution >= 4 is 17.3 Å². The molecule has 1 aliphatic rings. The second-order valence-electron chi connectivity index (χ2n) is 5.95. The Morgan fingerprint density at radius 1 is 1.25 bits per heavy atom. The number of halogens is 1. The van der Waals surface area contributed by atoms with E-state index in [1.165, 1.54) is 32.1 Å². The van der Waals surface area contributed by atoms with Gasteiger partial charge in [0.25, 0.3) is 0 Å². The number of hydrogen-bond donors (Lipinski definition) is 1. The number of anilines is 1. The molecule has 1 aromatic rings. The monoisotopic (exact) mass is 295 g/mol. The molecule has 3 heteroatoms. The third-order valence-electron chi connectivity index (χ3n) is 4.02. The summed E-state index contributed by atoms with van der Waals surface area (Å²) in [6.07, 6.45) is 7.52. The smallest absolute Gasteiger partial charge is 0.138 e. The summed E-state index contributed by atoms with van der Waals surface area (Å²) in [6.45, 7) is 5.17. The van der Waals surface area contributed by atoms with Gasteiger partial charge in [-0.15, -0.1) is 0 Å². The molecule has 1 N–H and O–H groups in total. The highest BCUT2D eigenvalue weighted by Gasteiger charge is 2.16. The Labute approximate surface area is 127 Å². The molecule has 1 fully saturated rings. The highest BCUT2D eigenvalue weighted by Crippen LogP contribution is 2.30. The molecule has 20 heavy (non-hydrogen) atoms. The average molecular weight is 296 g/mol. The fourth-order valence-electron chi connectivity index (χ4n) is 2.79. The first kappa shape index (κ1) is 15.5. The van der Waals surface area contributed by atoms with Crippen LogP contribution in [0, 0.1) is 5.92 Å². The summed E-state index contributed by atoms with van der Waals surface area (Å²) in [6, 6.07) is 6.62. The Morgan fingerprint density at radius 3 is 2.85 bits per heavy atom. The van der Waals surface area contributed by atoms with Gasteiger partial charge in [0.15, 0.2) is 0 Å². The fourth-order valence-corrected chi connectivity index (χ4v) is 3.02. The maximum absolute atomic E-state index is 6.27. The van der Waals surface area contributed by atoms with Gasteiger partial charge >= 0.3 is 0 Å². The van der Waals surface area contributed by atoms with Gasteiger partial charge in [-0.2, -0.15) is 0 Å². The van der Waals surface area contributed by atoms with Gasteiger partial charge in [0.2, 0.25) is 0 Å². The van der Waals surface area contributed by atoms with E-state index in [1.807, 2.05) is 12.1 Å². The average Bonchev–Trinajstić information content (AvgIpc) is 2.63. The van der Waals surface area contributed by atoms with Crippen LogP contribution in [0.3, 0.4) is 0 Å². The van der Waals surface area contributed by atoms with E-state index in [4.69, 9.17) is 16.3 Å². The third kappa shape index (κ3) is 4.59. The van der Waals surface area contributed by atoms with Gasteiger partial charge in [-0.25, -0.2) is 0 Å². The number of ether oxygens (including phenoxy) is 1. The van der Waals surface area contributed by atoms with E-state index in [0.717, 1.165) is 23.8 Å². The minimum atomic E-state index is 0.582. The van der Waals surface area contributed by atoms with Gasteiger partial charge in [-0.1, -0.05) is 38.3 Å². The standard InChI is InChI=1S/C17H26ClNO/c1-3-11-20-17-10-9-15(12-16(17)18)19-14-6-4-5-13(2)7-8-14/h9-10,12-14,19H,3-8,11H2,1-2H3. The molecule has 2 atom stereocenters. The zero-order chi connectivity index (χ0) is 14.4. The van der Waals surface area contributed by atoms with Crippen molar-refractivity contribution in [2.24, 2.45) is 5.92 Å². The van der Waals surface area contributed by atoms with Crippen LogP contribution in [0.5, 0.6) is 5.75 Å². The number of hydrogen-bond acceptors (Lipinski definition) is 2. The van der Waals surface area contributed by atoms with E-state index in [-0.39, 0.29) is 0 Å². The van der Waals surface area contributed by atoms with Crippen LogP contribution in [0.2, 0.25) is 5.02 Å². The summed E-state index contributed by atoms with van der Waals surface area (Å²) in [5.74, 6) is 1.66. The molecule has 0 bridgehead atoms.